The third kappa shape index (κ3) is 5.39. The molecule has 2 aliphatic rings. The van der Waals surface area contributed by atoms with Crippen molar-refractivity contribution in [2.75, 3.05) is 0 Å². The van der Waals surface area contributed by atoms with Crippen LogP contribution in [0.4, 0.5) is 0 Å². The van der Waals surface area contributed by atoms with Gasteiger partial charge in [0, 0.05) is 16.6 Å². The molecule has 0 spiro atoms. The highest BCUT2D eigenvalue weighted by molar-refractivity contribution is 6.98. The van der Waals surface area contributed by atoms with Crippen LogP contribution in [0.15, 0.2) is 121 Å². The summed E-state index contributed by atoms with van der Waals surface area (Å²) in [5.41, 5.74) is 12.3. The Morgan fingerprint density at radius 1 is 0.415 bits per heavy atom. The molecule has 0 unspecified atom stereocenters. The molecule has 2 heterocycles. The average Bonchev–Trinajstić information content (AvgIpc) is 3.12. The Morgan fingerprint density at radius 2 is 0.849 bits per heavy atom. The maximum Gasteiger partial charge on any atom is 0.260 e. The molecule has 0 saturated carbocycles. The van der Waals surface area contributed by atoms with E-state index in [1.165, 1.54) is 65.9 Å². The molecule has 0 saturated heterocycles. The summed E-state index contributed by atoms with van der Waals surface area (Å²) >= 11 is 0. The quantitative estimate of drug-likeness (QED) is 0.133. The van der Waals surface area contributed by atoms with E-state index in [9.17, 15) is 0 Å². The highest BCUT2D eigenvalue weighted by Gasteiger charge is 2.42. The van der Waals surface area contributed by atoms with E-state index < -0.39 is 0 Å². The summed E-state index contributed by atoms with van der Waals surface area (Å²) in [7, 11) is 0. The fraction of sp³-hybridized carbons (Fsp3) is 0.240. The molecule has 9 rings (SSSR count). The Balaban J connectivity index is 1.33. The SMILES string of the molecule is CC(C)(C)c1ccc(-c2c3ccccc3c(-c3ccc4c5c3Oc3ccc(C(C)(C)C)cc3B5c3cc(C(C)(C)C)ccc3O4)c3ccccc23)cc1. The fourth-order valence-electron chi connectivity index (χ4n) is 8.49. The number of hydrogen-bond donors (Lipinski definition) is 0. The normalized spacial score (nSPS) is 13.6. The second-order valence-electron chi connectivity index (χ2n) is 18.2. The predicted octanol–water partition coefficient (Wildman–Crippen LogP) is 11.9. The van der Waals surface area contributed by atoms with Crippen molar-refractivity contribution in [2.24, 2.45) is 0 Å². The van der Waals surface area contributed by atoms with Gasteiger partial charge in [0.15, 0.2) is 0 Å². The molecular formula is C50H47BO2. The van der Waals surface area contributed by atoms with Gasteiger partial charge >= 0.3 is 0 Å². The van der Waals surface area contributed by atoms with Crippen LogP contribution in [0.5, 0.6) is 23.0 Å². The van der Waals surface area contributed by atoms with Crippen LogP contribution < -0.4 is 25.9 Å². The lowest BCUT2D eigenvalue weighted by molar-refractivity contribution is 0.464. The second-order valence-corrected chi connectivity index (χ2v) is 18.2. The molecule has 262 valence electrons. The van der Waals surface area contributed by atoms with Crippen molar-refractivity contribution < 1.29 is 9.47 Å². The van der Waals surface area contributed by atoms with Gasteiger partial charge in [0.2, 0.25) is 0 Å². The molecule has 0 bridgehead atoms. The van der Waals surface area contributed by atoms with Gasteiger partial charge in [-0.3, -0.25) is 0 Å². The molecule has 0 fully saturated rings. The lowest BCUT2D eigenvalue weighted by atomic mass is 9.34. The van der Waals surface area contributed by atoms with Gasteiger partial charge in [0.25, 0.3) is 6.71 Å². The fourth-order valence-corrected chi connectivity index (χ4v) is 8.49. The van der Waals surface area contributed by atoms with Crippen molar-refractivity contribution >= 4 is 44.6 Å². The summed E-state index contributed by atoms with van der Waals surface area (Å²) in [6.45, 7) is 20.5. The standard InChI is InChI=1S/C50H47BO2/c1-48(2,3)31-20-18-30(19-21-31)44-34-14-10-12-16-36(34)45(37-17-13-11-15-35(37)44)38-24-27-43-46-47(38)53-42-26-23-33(50(7,8)9)29-40(42)51(46)39-28-32(49(4,5)6)22-25-41(39)52-43/h10-29H,1-9H3. The van der Waals surface area contributed by atoms with Gasteiger partial charge in [-0.05, 0) is 101 Å². The predicted molar refractivity (Wildman–Crippen MR) is 226 cm³/mol. The lowest BCUT2D eigenvalue weighted by Gasteiger charge is -2.36. The van der Waals surface area contributed by atoms with Gasteiger partial charge in [-0.15, -0.1) is 0 Å². The van der Waals surface area contributed by atoms with E-state index in [1.54, 1.807) is 0 Å². The van der Waals surface area contributed by atoms with Crippen molar-refractivity contribution in [2.45, 2.75) is 78.6 Å². The number of fused-ring (bicyclic) bond motifs is 6. The second kappa shape index (κ2) is 11.6. The van der Waals surface area contributed by atoms with Crippen LogP contribution >= 0.6 is 0 Å². The van der Waals surface area contributed by atoms with E-state index in [2.05, 4.69) is 184 Å². The molecule has 0 aromatic heterocycles. The van der Waals surface area contributed by atoms with Crippen LogP contribution in [0.1, 0.15) is 79.0 Å². The summed E-state index contributed by atoms with van der Waals surface area (Å²) in [6, 6.07) is 44.9. The minimum absolute atomic E-state index is 0.00607. The summed E-state index contributed by atoms with van der Waals surface area (Å²) < 4.78 is 14.0. The molecule has 7 aromatic rings. The van der Waals surface area contributed by atoms with Crippen LogP contribution in [0.2, 0.25) is 0 Å². The van der Waals surface area contributed by atoms with Crippen LogP contribution in [0.3, 0.4) is 0 Å². The number of rotatable bonds is 2. The zero-order valence-electron chi connectivity index (χ0n) is 32.4. The summed E-state index contributed by atoms with van der Waals surface area (Å²) in [6.07, 6.45) is 0. The lowest BCUT2D eigenvalue weighted by Crippen LogP contribution is -2.58. The molecule has 2 nitrogen and oxygen atoms in total. The molecule has 7 aromatic carbocycles. The van der Waals surface area contributed by atoms with Crippen LogP contribution in [0, 0.1) is 0 Å². The van der Waals surface area contributed by atoms with Crippen molar-refractivity contribution in [1.82, 2.24) is 0 Å². The van der Waals surface area contributed by atoms with E-state index in [-0.39, 0.29) is 23.0 Å². The Hall–Kier alpha value is -5.28. The third-order valence-corrected chi connectivity index (χ3v) is 11.5. The molecule has 0 N–H and O–H groups in total. The van der Waals surface area contributed by atoms with E-state index in [0.717, 1.165) is 34.0 Å². The first-order valence-corrected chi connectivity index (χ1v) is 19.0. The smallest absolute Gasteiger partial charge is 0.260 e. The summed E-state index contributed by atoms with van der Waals surface area (Å²) in [5, 5.41) is 4.87. The minimum atomic E-state index is -0.0322. The number of hydrogen-bond acceptors (Lipinski definition) is 2. The molecule has 0 atom stereocenters. The largest absolute Gasteiger partial charge is 0.458 e. The van der Waals surface area contributed by atoms with Crippen molar-refractivity contribution in [3.8, 4) is 45.3 Å². The molecule has 3 heteroatoms. The Kier molecular flexibility index (Phi) is 7.35. The highest BCUT2D eigenvalue weighted by atomic mass is 16.5. The van der Waals surface area contributed by atoms with Gasteiger partial charge in [-0.25, -0.2) is 0 Å². The maximum absolute atomic E-state index is 7.17. The maximum atomic E-state index is 7.17. The van der Waals surface area contributed by atoms with Gasteiger partial charge in [-0.1, -0.05) is 159 Å². The minimum Gasteiger partial charge on any atom is -0.458 e. The Bertz CT molecular complexity index is 2530. The van der Waals surface area contributed by atoms with Gasteiger partial charge in [-0.2, -0.15) is 0 Å². The molecule has 53 heavy (non-hydrogen) atoms. The topological polar surface area (TPSA) is 18.5 Å². The summed E-state index contributed by atoms with van der Waals surface area (Å²) in [4.78, 5) is 0. The first kappa shape index (κ1) is 33.6. The molecule has 2 aliphatic heterocycles. The van der Waals surface area contributed by atoms with Crippen LogP contribution in [-0.2, 0) is 16.2 Å². The molecule has 0 amide bonds. The van der Waals surface area contributed by atoms with Crippen molar-refractivity contribution in [3.63, 3.8) is 0 Å². The van der Waals surface area contributed by atoms with Gasteiger partial charge < -0.3 is 9.47 Å². The van der Waals surface area contributed by atoms with Gasteiger partial charge in [0.05, 0.1) is 0 Å². The Labute approximate surface area is 314 Å². The zero-order chi connectivity index (χ0) is 37.0. The van der Waals surface area contributed by atoms with Crippen LogP contribution in [-0.4, -0.2) is 6.71 Å². The molecule has 0 radical (unpaired) electrons. The van der Waals surface area contributed by atoms with Gasteiger partial charge in [0.1, 0.15) is 23.0 Å². The summed E-state index contributed by atoms with van der Waals surface area (Å²) in [5.74, 6) is 3.57. The number of benzene rings is 7. The van der Waals surface area contributed by atoms with E-state index >= 15 is 0 Å². The van der Waals surface area contributed by atoms with E-state index in [1.807, 2.05) is 0 Å². The monoisotopic (exact) mass is 690 g/mol. The number of ether oxygens (including phenoxy) is 2. The Morgan fingerprint density at radius 3 is 1.34 bits per heavy atom. The molecule has 0 aliphatic carbocycles. The van der Waals surface area contributed by atoms with Crippen molar-refractivity contribution in [1.29, 1.82) is 0 Å². The molecular weight excluding hydrogens is 643 g/mol. The van der Waals surface area contributed by atoms with Crippen LogP contribution in [0.25, 0.3) is 43.8 Å². The average molecular weight is 691 g/mol. The zero-order valence-corrected chi connectivity index (χ0v) is 32.4. The van der Waals surface area contributed by atoms with E-state index in [4.69, 9.17) is 9.47 Å². The highest BCUT2D eigenvalue weighted by Crippen LogP contribution is 2.49. The third-order valence-electron chi connectivity index (χ3n) is 11.5. The first-order valence-electron chi connectivity index (χ1n) is 19.0. The van der Waals surface area contributed by atoms with E-state index in [0.29, 0.717) is 0 Å². The van der Waals surface area contributed by atoms with Crippen molar-refractivity contribution in [3.05, 3.63) is 138 Å². The first-order chi connectivity index (χ1) is 25.2.